The summed E-state index contributed by atoms with van der Waals surface area (Å²) in [5.41, 5.74) is 3.48. The van der Waals surface area contributed by atoms with Gasteiger partial charge in [0.15, 0.2) is 0 Å². The number of ether oxygens (including phenoxy) is 1. The van der Waals surface area contributed by atoms with E-state index in [1.54, 1.807) is 66.0 Å². The van der Waals surface area contributed by atoms with Gasteiger partial charge in [0.2, 0.25) is 0 Å². The number of esters is 1. The predicted octanol–water partition coefficient (Wildman–Crippen LogP) is 3.61. The maximum Gasteiger partial charge on any atom is 0.353 e. The van der Waals surface area contributed by atoms with Crippen LogP contribution in [0.15, 0.2) is 75.6 Å². The Bertz CT molecular complexity index is 1070. The Hall–Kier alpha value is -3.30. The molecule has 0 aliphatic heterocycles. The lowest BCUT2D eigenvalue weighted by Crippen LogP contribution is -2.34. The third-order valence-corrected chi connectivity index (χ3v) is 5.06. The van der Waals surface area contributed by atoms with Gasteiger partial charge in [-0.1, -0.05) is 28.1 Å². The lowest BCUT2D eigenvalue weighted by atomic mass is 10.2. The molecular formula is C21H16BrN3O4S. The summed E-state index contributed by atoms with van der Waals surface area (Å²) in [6, 6.07) is 17.0. The quantitative estimate of drug-likeness (QED) is 0.231. The average molecular weight is 486 g/mol. The zero-order valence-electron chi connectivity index (χ0n) is 15.5. The molecule has 3 rings (SSSR count). The monoisotopic (exact) mass is 485 g/mol. The lowest BCUT2D eigenvalue weighted by Gasteiger charge is -2.05. The van der Waals surface area contributed by atoms with Crippen molar-refractivity contribution in [3.63, 3.8) is 0 Å². The number of hydrogen-bond acceptors (Lipinski definition) is 6. The van der Waals surface area contributed by atoms with Gasteiger partial charge in [0.25, 0.3) is 11.8 Å². The number of benzene rings is 2. The van der Waals surface area contributed by atoms with Crippen molar-refractivity contribution in [3.8, 4) is 5.75 Å². The predicted molar refractivity (Wildman–Crippen MR) is 118 cm³/mol. The van der Waals surface area contributed by atoms with E-state index in [4.69, 9.17) is 4.74 Å². The van der Waals surface area contributed by atoms with Gasteiger partial charge in [-0.15, -0.1) is 11.3 Å². The fourth-order valence-corrected chi connectivity index (χ4v) is 3.28. The van der Waals surface area contributed by atoms with E-state index in [0.717, 1.165) is 4.47 Å². The van der Waals surface area contributed by atoms with E-state index in [1.807, 2.05) is 0 Å². The highest BCUT2D eigenvalue weighted by Gasteiger charge is 2.09. The van der Waals surface area contributed by atoms with E-state index in [9.17, 15) is 14.4 Å². The molecule has 1 heterocycles. The van der Waals surface area contributed by atoms with Crippen molar-refractivity contribution in [1.82, 2.24) is 10.7 Å². The van der Waals surface area contributed by atoms with Crippen molar-refractivity contribution >= 4 is 51.3 Å². The Morgan fingerprint density at radius 1 is 1.07 bits per heavy atom. The molecule has 0 unspecified atom stereocenters. The van der Waals surface area contributed by atoms with Gasteiger partial charge < -0.3 is 10.1 Å². The van der Waals surface area contributed by atoms with Crippen LogP contribution in [-0.2, 0) is 4.79 Å². The van der Waals surface area contributed by atoms with Gasteiger partial charge in [0.1, 0.15) is 10.6 Å². The minimum Gasteiger partial charge on any atom is -0.422 e. The van der Waals surface area contributed by atoms with E-state index >= 15 is 0 Å². The SMILES string of the molecule is O=C(CNC(=O)c1cccc(Br)c1)N/N=C/c1ccc(OC(=O)c2cccs2)cc1. The number of thiophene rings is 1. The third kappa shape index (κ3) is 6.36. The fraction of sp³-hybridized carbons (Fsp3) is 0.0476. The van der Waals surface area contributed by atoms with Crippen LogP contribution in [0.4, 0.5) is 0 Å². The summed E-state index contributed by atoms with van der Waals surface area (Å²) in [7, 11) is 0. The summed E-state index contributed by atoms with van der Waals surface area (Å²) >= 11 is 4.60. The zero-order valence-corrected chi connectivity index (χ0v) is 17.9. The summed E-state index contributed by atoms with van der Waals surface area (Å²) in [6.07, 6.45) is 1.44. The van der Waals surface area contributed by atoms with Crippen LogP contribution < -0.4 is 15.5 Å². The van der Waals surface area contributed by atoms with Crippen molar-refractivity contribution in [3.05, 3.63) is 86.5 Å². The normalized spacial score (nSPS) is 10.6. The summed E-state index contributed by atoms with van der Waals surface area (Å²) in [6.45, 7) is -0.208. The molecule has 9 heteroatoms. The molecule has 2 N–H and O–H groups in total. The highest BCUT2D eigenvalue weighted by Crippen LogP contribution is 2.16. The molecule has 0 atom stereocenters. The van der Waals surface area contributed by atoms with E-state index < -0.39 is 11.9 Å². The largest absolute Gasteiger partial charge is 0.422 e. The van der Waals surface area contributed by atoms with Gasteiger partial charge in [0, 0.05) is 10.0 Å². The number of carbonyl (C=O) groups is 3. The number of nitrogens with zero attached hydrogens (tertiary/aromatic N) is 1. The van der Waals surface area contributed by atoms with Crippen LogP contribution in [0.5, 0.6) is 5.75 Å². The van der Waals surface area contributed by atoms with Crippen LogP contribution in [0.25, 0.3) is 0 Å². The first-order valence-electron chi connectivity index (χ1n) is 8.73. The molecule has 1 aromatic heterocycles. The van der Waals surface area contributed by atoms with Gasteiger partial charge in [-0.25, -0.2) is 10.2 Å². The highest BCUT2D eigenvalue weighted by molar-refractivity contribution is 9.10. The Morgan fingerprint density at radius 3 is 2.57 bits per heavy atom. The molecule has 0 saturated carbocycles. The smallest absolute Gasteiger partial charge is 0.353 e. The Labute approximate surface area is 184 Å². The van der Waals surface area contributed by atoms with Gasteiger partial charge in [-0.05, 0) is 59.5 Å². The van der Waals surface area contributed by atoms with Crippen molar-refractivity contribution in [2.24, 2.45) is 5.10 Å². The van der Waals surface area contributed by atoms with E-state index in [2.05, 4.69) is 31.8 Å². The maximum atomic E-state index is 12.0. The zero-order chi connectivity index (χ0) is 21.3. The number of carbonyl (C=O) groups excluding carboxylic acids is 3. The summed E-state index contributed by atoms with van der Waals surface area (Å²) in [4.78, 5) is 36.2. The van der Waals surface area contributed by atoms with E-state index in [0.29, 0.717) is 21.8 Å². The standard InChI is InChI=1S/C21H16BrN3O4S/c22-16-4-1-3-15(11-16)20(27)23-13-19(26)25-24-12-14-6-8-17(9-7-14)29-21(28)18-5-2-10-30-18/h1-12H,13H2,(H,23,27)(H,25,26)/b24-12+. The molecule has 0 saturated heterocycles. The topological polar surface area (TPSA) is 96.9 Å². The number of halogens is 1. The van der Waals surface area contributed by atoms with Gasteiger partial charge in [-0.3, -0.25) is 9.59 Å². The molecule has 7 nitrogen and oxygen atoms in total. The van der Waals surface area contributed by atoms with Crippen LogP contribution in [0.1, 0.15) is 25.6 Å². The molecule has 0 radical (unpaired) electrons. The summed E-state index contributed by atoms with van der Waals surface area (Å²) in [5.74, 6) is -0.826. The Balaban J connectivity index is 1.43. The molecule has 30 heavy (non-hydrogen) atoms. The van der Waals surface area contributed by atoms with Gasteiger partial charge in [-0.2, -0.15) is 5.10 Å². The molecule has 0 aliphatic carbocycles. The second kappa shape index (κ2) is 10.5. The molecule has 0 aliphatic rings. The van der Waals surface area contributed by atoms with Crippen LogP contribution in [0, 0.1) is 0 Å². The molecular weight excluding hydrogens is 470 g/mol. The Morgan fingerprint density at radius 2 is 1.87 bits per heavy atom. The van der Waals surface area contributed by atoms with Gasteiger partial charge >= 0.3 is 5.97 Å². The van der Waals surface area contributed by atoms with Crippen molar-refractivity contribution in [2.75, 3.05) is 6.54 Å². The first-order valence-corrected chi connectivity index (χ1v) is 10.4. The molecule has 2 aromatic carbocycles. The van der Waals surface area contributed by atoms with Crippen LogP contribution in [0.2, 0.25) is 0 Å². The van der Waals surface area contributed by atoms with E-state index in [-0.39, 0.29) is 12.5 Å². The van der Waals surface area contributed by atoms with Crippen LogP contribution >= 0.6 is 27.3 Å². The van der Waals surface area contributed by atoms with Crippen LogP contribution in [-0.4, -0.2) is 30.5 Å². The fourth-order valence-electron chi connectivity index (χ4n) is 2.28. The molecule has 152 valence electrons. The second-order valence-corrected chi connectivity index (χ2v) is 7.79. The minimum absolute atomic E-state index is 0.208. The van der Waals surface area contributed by atoms with Crippen molar-refractivity contribution < 1.29 is 19.1 Å². The number of nitrogens with one attached hydrogen (secondary N) is 2. The maximum absolute atomic E-state index is 12.0. The number of hydrazone groups is 1. The Kier molecular flexibility index (Phi) is 7.47. The molecule has 0 fully saturated rings. The van der Waals surface area contributed by atoms with Crippen LogP contribution in [0.3, 0.4) is 0 Å². The molecule has 0 bridgehead atoms. The number of rotatable bonds is 7. The first-order chi connectivity index (χ1) is 14.5. The molecule has 0 spiro atoms. The van der Waals surface area contributed by atoms with E-state index in [1.165, 1.54) is 17.6 Å². The average Bonchev–Trinajstić information content (AvgIpc) is 3.28. The first kappa shape index (κ1) is 21.4. The molecule has 3 aromatic rings. The third-order valence-electron chi connectivity index (χ3n) is 3.71. The number of hydrogen-bond donors (Lipinski definition) is 2. The van der Waals surface area contributed by atoms with Crippen molar-refractivity contribution in [1.29, 1.82) is 0 Å². The lowest BCUT2D eigenvalue weighted by molar-refractivity contribution is -0.120. The minimum atomic E-state index is -0.462. The molecule has 2 amide bonds. The summed E-state index contributed by atoms with van der Waals surface area (Å²) in [5, 5.41) is 8.17. The second-order valence-electron chi connectivity index (χ2n) is 5.92. The van der Waals surface area contributed by atoms with Crippen molar-refractivity contribution in [2.45, 2.75) is 0 Å². The summed E-state index contributed by atoms with van der Waals surface area (Å²) < 4.78 is 6.04. The number of amides is 2. The van der Waals surface area contributed by atoms with Gasteiger partial charge in [0.05, 0.1) is 12.8 Å². The highest BCUT2D eigenvalue weighted by atomic mass is 79.9.